The first kappa shape index (κ1) is 15.3. The zero-order chi connectivity index (χ0) is 14.9. The van der Waals surface area contributed by atoms with E-state index in [0.29, 0.717) is 12.6 Å². The van der Waals surface area contributed by atoms with Gasteiger partial charge >= 0.3 is 5.97 Å². The predicted molar refractivity (Wildman–Crippen MR) is 81.3 cm³/mol. The summed E-state index contributed by atoms with van der Waals surface area (Å²) in [6, 6.07) is 6.19. The number of rotatable bonds is 4. The monoisotopic (exact) mass is 341 g/mol. The lowest BCUT2D eigenvalue weighted by molar-refractivity contribution is -0.141. The van der Waals surface area contributed by atoms with E-state index in [1.54, 1.807) is 7.11 Å². The molecule has 1 aliphatic heterocycles. The van der Waals surface area contributed by atoms with Crippen LogP contribution in [-0.2, 0) is 4.79 Å². The number of hydrogen-bond acceptors (Lipinski definition) is 3. The second-order valence-corrected chi connectivity index (χ2v) is 6.35. The van der Waals surface area contributed by atoms with Gasteiger partial charge in [-0.25, -0.2) is 0 Å². The first-order valence-corrected chi connectivity index (χ1v) is 7.53. The van der Waals surface area contributed by atoms with Crippen LogP contribution in [0.2, 0.25) is 0 Å². The zero-order valence-electron chi connectivity index (χ0n) is 12.0. The molecule has 1 heterocycles. The summed E-state index contributed by atoms with van der Waals surface area (Å²) in [7, 11) is 1.62. The molecule has 20 heavy (non-hydrogen) atoms. The Labute approximate surface area is 127 Å². The summed E-state index contributed by atoms with van der Waals surface area (Å²) in [6.07, 6.45) is 0. The number of carboxylic acid groups (broad SMARTS) is 1. The topological polar surface area (TPSA) is 49.8 Å². The Morgan fingerprint density at radius 3 is 2.65 bits per heavy atom. The molecule has 2 atom stereocenters. The Morgan fingerprint density at radius 2 is 2.15 bits per heavy atom. The van der Waals surface area contributed by atoms with E-state index in [-0.39, 0.29) is 11.8 Å². The number of hydrogen-bond donors (Lipinski definition) is 1. The van der Waals surface area contributed by atoms with Gasteiger partial charge in [-0.2, -0.15) is 0 Å². The van der Waals surface area contributed by atoms with Crippen LogP contribution < -0.4 is 4.74 Å². The fourth-order valence-corrected chi connectivity index (χ4v) is 3.32. The third-order valence-electron chi connectivity index (χ3n) is 4.00. The van der Waals surface area contributed by atoms with E-state index in [1.165, 1.54) is 0 Å². The number of aliphatic carboxylic acids is 1. The van der Waals surface area contributed by atoms with Gasteiger partial charge in [-0.3, -0.25) is 9.69 Å². The fourth-order valence-electron chi connectivity index (χ4n) is 2.76. The van der Waals surface area contributed by atoms with Gasteiger partial charge in [-0.1, -0.05) is 6.07 Å². The minimum Gasteiger partial charge on any atom is -0.496 e. The van der Waals surface area contributed by atoms with Crippen molar-refractivity contribution >= 4 is 21.9 Å². The van der Waals surface area contributed by atoms with E-state index in [2.05, 4.69) is 34.7 Å². The highest BCUT2D eigenvalue weighted by Crippen LogP contribution is 2.37. The third-order valence-corrected chi connectivity index (χ3v) is 4.62. The molecule has 0 spiro atoms. The molecule has 0 amide bonds. The van der Waals surface area contributed by atoms with Gasteiger partial charge in [-0.15, -0.1) is 0 Å². The van der Waals surface area contributed by atoms with Crippen LogP contribution in [0.25, 0.3) is 0 Å². The molecule has 0 bridgehead atoms. The van der Waals surface area contributed by atoms with Crippen LogP contribution in [0, 0.1) is 5.92 Å². The quantitative estimate of drug-likeness (QED) is 0.914. The van der Waals surface area contributed by atoms with Crippen LogP contribution in [0.3, 0.4) is 0 Å². The normalized spacial score (nSPS) is 23.2. The van der Waals surface area contributed by atoms with Crippen molar-refractivity contribution in [1.29, 1.82) is 0 Å². The van der Waals surface area contributed by atoms with Gasteiger partial charge in [0.2, 0.25) is 0 Å². The molecule has 2 rings (SSSR count). The number of carboxylic acids is 1. The number of benzene rings is 1. The van der Waals surface area contributed by atoms with E-state index in [4.69, 9.17) is 4.74 Å². The molecule has 0 aromatic heterocycles. The van der Waals surface area contributed by atoms with E-state index >= 15 is 0 Å². The molecule has 0 aliphatic carbocycles. The molecule has 0 saturated carbocycles. The average molecular weight is 342 g/mol. The first-order valence-electron chi connectivity index (χ1n) is 6.74. The van der Waals surface area contributed by atoms with Gasteiger partial charge in [-0.05, 0) is 47.5 Å². The summed E-state index contributed by atoms with van der Waals surface area (Å²) >= 11 is 3.47. The zero-order valence-corrected chi connectivity index (χ0v) is 13.6. The summed E-state index contributed by atoms with van der Waals surface area (Å²) in [4.78, 5) is 13.7. The molecule has 110 valence electrons. The van der Waals surface area contributed by atoms with Crippen molar-refractivity contribution in [3.63, 3.8) is 0 Å². The molecule has 1 aliphatic rings. The summed E-state index contributed by atoms with van der Waals surface area (Å²) in [6.45, 7) is 5.60. The molecular formula is C15H20BrNO3. The Kier molecular flexibility index (Phi) is 4.70. The van der Waals surface area contributed by atoms with Crippen LogP contribution in [0.4, 0.5) is 0 Å². The Hall–Kier alpha value is -1.07. The second-order valence-electron chi connectivity index (χ2n) is 5.49. The summed E-state index contributed by atoms with van der Waals surface area (Å²) in [5.41, 5.74) is 1.05. The smallest absolute Gasteiger partial charge is 0.308 e. The maximum Gasteiger partial charge on any atom is 0.308 e. The molecule has 1 N–H and O–H groups in total. The summed E-state index contributed by atoms with van der Waals surface area (Å²) in [5, 5.41) is 9.45. The fraction of sp³-hybridized carbons (Fsp3) is 0.533. The predicted octanol–water partition coefficient (Wildman–Crippen LogP) is 2.97. The molecule has 0 radical (unpaired) electrons. The number of likely N-dealkylation sites (tertiary alicyclic amines) is 1. The number of ether oxygens (including phenoxy) is 1. The first-order chi connectivity index (χ1) is 9.43. The molecule has 2 unspecified atom stereocenters. The van der Waals surface area contributed by atoms with Crippen molar-refractivity contribution < 1.29 is 14.6 Å². The highest BCUT2D eigenvalue weighted by molar-refractivity contribution is 9.10. The number of carbonyl (C=O) groups is 1. The van der Waals surface area contributed by atoms with E-state index in [0.717, 1.165) is 22.3 Å². The minimum atomic E-state index is -0.718. The number of methoxy groups -OCH3 is 1. The number of nitrogens with zero attached hydrogens (tertiary/aromatic N) is 1. The maximum absolute atomic E-state index is 11.5. The van der Waals surface area contributed by atoms with E-state index < -0.39 is 5.97 Å². The van der Waals surface area contributed by atoms with Gasteiger partial charge in [0.05, 0.1) is 17.5 Å². The third kappa shape index (κ3) is 2.99. The van der Waals surface area contributed by atoms with Crippen molar-refractivity contribution in [2.24, 2.45) is 5.92 Å². The molecule has 5 heteroatoms. The largest absolute Gasteiger partial charge is 0.496 e. The number of halogens is 1. The Morgan fingerprint density at radius 1 is 1.45 bits per heavy atom. The molecule has 1 aromatic rings. The van der Waals surface area contributed by atoms with Gasteiger partial charge in [0, 0.05) is 25.0 Å². The SMILES string of the molecule is COc1ccc(C2CN(C(C)C)CC2C(=O)O)cc1Br. The summed E-state index contributed by atoms with van der Waals surface area (Å²) in [5.74, 6) is -0.278. The highest BCUT2D eigenvalue weighted by atomic mass is 79.9. The molecular weight excluding hydrogens is 322 g/mol. The van der Waals surface area contributed by atoms with Crippen molar-refractivity contribution in [2.75, 3.05) is 20.2 Å². The lowest BCUT2D eigenvalue weighted by atomic mass is 9.89. The maximum atomic E-state index is 11.5. The van der Waals surface area contributed by atoms with Crippen LogP contribution >= 0.6 is 15.9 Å². The molecule has 1 fully saturated rings. The Bertz CT molecular complexity index is 504. The highest BCUT2D eigenvalue weighted by Gasteiger charge is 2.39. The van der Waals surface area contributed by atoms with Crippen molar-refractivity contribution in [3.05, 3.63) is 28.2 Å². The van der Waals surface area contributed by atoms with Crippen molar-refractivity contribution in [3.8, 4) is 5.75 Å². The van der Waals surface area contributed by atoms with Gasteiger partial charge in [0.1, 0.15) is 5.75 Å². The second kappa shape index (κ2) is 6.14. The lowest BCUT2D eigenvalue weighted by Crippen LogP contribution is -2.29. The van der Waals surface area contributed by atoms with E-state index in [1.807, 2.05) is 18.2 Å². The van der Waals surface area contributed by atoms with Gasteiger partial charge in [0.25, 0.3) is 0 Å². The minimum absolute atomic E-state index is 0.0251. The van der Waals surface area contributed by atoms with Crippen LogP contribution in [0.1, 0.15) is 25.3 Å². The Balaban J connectivity index is 2.29. The van der Waals surface area contributed by atoms with Crippen molar-refractivity contribution in [2.45, 2.75) is 25.8 Å². The van der Waals surface area contributed by atoms with Gasteiger partial charge < -0.3 is 9.84 Å². The van der Waals surface area contributed by atoms with Crippen molar-refractivity contribution in [1.82, 2.24) is 4.90 Å². The van der Waals surface area contributed by atoms with Gasteiger partial charge in [0.15, 0.2) is 0 Å². The molecule has 1 saturated heterocycles. The van der Waals surface area contributed by atoms with Crippen LogP contribution in [-0.4, -0.2) is 42.2 Å². The molecule has 1 aromatic carbocycles. The lowest BCUT2D eigenvalue weighted by Gasteiger charge is -2.20. The standard InChI is InChI=1S/C15H20BrNO3/c1-9(2)17-7-11(12(8-17)15(18)19)10-4-5-14(20-3)13(16)6-10/h4-6,9,11-12H,7-8H2,1-3H3,(H,18,19). The summed E-state index contributed by atoms with van der Waals surface area (Å²) < 4.78 is 6.09. The van der Waals surface area contributed by atoms with Crippen LogP contribution in [0.15, 0.2) is 22.7 Å². The van der Waals surface area contributed by atoms with E-state index in [9.17, 15) is 9.90 Å². The average Bonchev–Trinajstić information content (AvgIpc) is 2.84. The molecule has 4 nitrogen and oxygen atoms in total. The van der Waals surface area contributed by atoms with Crippen LogP contribution in [0.5, 0.6) is 5.75 Å².